The molecule has 0 aliphatic carbocycles. The second kappa shape index (κ2) is 6.58. The molecule has 0 aromatic rings. The Morgan fingerprint density at radius 2 is 2.25 bits per heavy atom. The second-order valence-corrected chi connectivity index (χ2v) is 5.10. The predicted octanol–water partition coefficient (Wildman–Crippen LogP) is 1.63. The van der Waals surface area contributed by atoms with E-state index >= 15 is 0 Å². The average molecular weight is 226 g/mol. The molecule has 0 radical (unpaired) electrons. The highest BCUT2D eigenvalue weighted by atomic mass is 16.5. The van der Waals surface area contributed by atoms with E-state index < -0.39 is 0 Å². The fourth-order valence-electron chi connectivity index (χ4n) is 2.93. The third-order valence-corrected chi connectivity index (χ3v) is 3.82. The van der Waals surface area contributed by atoms with Crippen molar-refractivity contribution in [2.24, 2.45) is 0 Å². The SMILES string of the molecule is CCOC1CCCN(CCC2CCCN2)C1. The number of nitrogens with one attached hydrogen (secondary N) is 1. The standard InChI is InChI=1S/C13H26N2O/c1-2-16-13-6-4-9-15(11-13)10-7-12-5-3-8-14-12/h12-14H,2-11H2,1H3. The van der Waals surface area contributed by atoms with Gasteiger partial charge in [0.25, 0.3) is 0 Å². The maximum absolute atomic E-state index is 5.73. The molecule has 2 saturated heterocycles. The van der Waals surface area contributed by atoms with Gasteiger partial charge in [0, 0.05) is 19.2 Å². The summed E-state index contributed by atoms with van der Waals surface area (Å²) in [5.74, 6) is 0. The normalized spacial score (nSPS) is 32.1. The van der Waals surface area contributed by atoms with E-state index in [4.69, 9.17) is 4.74 Å². The van der Waals surface area contributed by atoms with Crippen molar-refractivity contribution in [3.05, 3.63) is 0 Å². The summed E-state index contributed by atoms with van der Waals surface area (Å²) in [5.41, 5.74) is 0. The third kappa shape index (κ3) is 3.72. The largest absolute Gasteiger partial charge is 0.377 e. The molecule has 2 rings (SSSR count). The molecule has 3 heteroatoms. The summed E-state index contributed by atoms with van der Waals surface area (Å²) < 4.78 is 5.73. The first-order valence-electron chi connectivity index (χ1n) is 6.96. The topological polar surface area (TPSA) is 24.5 Å². The lowest BCUT2D eigenvalue weighted by Crippen LogP contribution is -2.41. The highest BCUT2D eigenvalue weighted by Gasteiger charge is 2.21. The van der Waals surface area contributed by atoms with Crippen molar-refractivity contribution < 1.29 is 4.74 Å². The number of piperidine rings is 1. The lowest BCUT2D eigenvalue weighted by molar-refractivity contribution is 0.00519. The van der Waals surface area contributed by atoms with Crippen molar-refractivity contribution in [3.8, 4) is 0 Å². The van der Waals surface area contributed by atoms with Gasteiger partial charge in [0.2, 0.25) is 0 Å². The fraction of sp³-hybridized carbons (Fsp3) is 1.00. The monoisotopic (exact) mass is 226 g/mol. The molecule has 2 aliphatic rings. The summed E-state index contributed by atoms with van der Waals surface area (Å²) in [6.07, 6.45) is 7.12. The minimum absolute atomic E-state index is 0.496. The molecule has 2 heterocycles. The Balaban J connectivity index is 1.64. The van der Waals surface area contributed by atoms with Crippen LogP contribution in [0, 0.1) is 0 Å². The first-order valence-corrected chi connectivity index (χ1v) is 6.96. The van der Waals surface area contributed by atoms with Crippen LogP contribution in [0.4, 0.5) is 0 Å². The van der Waals surface area contributed by atoms with E-state index in [2.05, 4.69) is 17.1 Å². The van der Waals surface area contributed by atoms with Gasteiger partial charge in [-0.15, -0.1) is 0 Å². The lowest BCUT2D eigenvalue weighted by Gasteiger charge is -2.33. The Kier molecular flexibility index (Phi) is 5.07. The first-order chi connectivity index (χ1) is 7.88. The van der Waals surface area contributed by atoms with Crippen LogP contribution in [0.3, 0.4) is 0 Å². The quantitative estimate of drug-likeness (QED) is 0.771. The zero-order chi connectivity index (χ0) is 11.2. The number of ether oxygens (including phenoxy) is 1. The van der Waals surface area contributed by atoms with Crippen LogP contribution in [0.5, 0.6) is 0 Å². The zero-order valence-electron chi connectivity index (χ0n) is 10.6. The van der Waals surface area contributed by atoms with Crippen LogP contribution in [0.25, 0.3) is 0 Å². The van der Waals surface area contributed by atoms with E-state index in [0.717, 1.165) is 19.2 Å². The molecule has 3 nitrogen and oxygen atoms in total. The molecule has 0 amide bonds. The van der Waals surface area contributed by atoms with Crippen molar-refractivity contribution in [2.75, 3.05) is 32.8 Å². The minimum atomic E-state index is 0.496. The van der Waals surface area contributed by atoms with Crippen molar-refractivity contribution in [1.29, 1.82) is 0 Å². The summed E-state index contributed by atoms with van der Waals surface area (Å²) in [4.78, 5) is 2.59. The molecule has 2 fully saturated rings. The van der Waals surface area contributed by atoms with Gasteiger partial charge in [-0.25, -0.2) is 0 Å². The number of likely N-dealkylation sites (tertiary alicyclic amines) is 1. The summed E-state index contributed by atoms with van der Waals surface area (Å²) in [6.45, 7) is 7.87. The Morgan fingerprint density at radius 3 is 3.00 bits per heavy atom. The zero-order valence-corrected chi connectivity index (χ0v) is 10.6. The van der Waals surface area contributed by atoms with E-state index in [9.17, 15) is 0 Å². The Bertz CT molecular complexity index is 190. The molecule has 1 N–H and O–H groups in total. The van der Waals surface area contributed by atoms with Gasteiger partial charge >= 0.3 is 0 Å². The molecule has 94 valence electrons. The molecular formula is C13H26N2O. The van der Waals surface area contributed by atoms with E-state index in [-0.39, 0.29) is 0 Å². The molecule has 0 bridgehead atoms. The average Bonchev–Trinajstić information content (AvgIpc) is 2.80. The summed E-state index contributed by atoms with van der Waals surface area (Å²) in [6, 6.07) is 0.785. The summed E-state index contributed by atoms with van der Waals surface area (Å²) >= 11 is 0. The highest BCUT2D eigenvalue weighted by molar-refractivity contribution is 4.78. The van der Waals surface area contributed by atoms with Crippen LogP contribution in [-0.4, -0.2) is 49.8 Å². The number of hydrogen-bond donors (Lipinski definition) is 1. The highest BCUT2D eigenvalue weighted by Crippen LogP contribution is 2.15. The van der Waals surface area contributed by atoms with Crippen LogP contribution < -0.4 is 5.32 Å². The van der Waals surface area contributed by atoms with Gasteiger partial charge in [0.1, 0.15) is 0 Å². The van der Waals surface area contributed by atoms with E-state index in [0.29, 0.717) is 6.10 Å². The van der Waals surface area contributed by atoms with Crippen LogP contribution in [0.15, 0.2) is 0 Å². The molecule has 0 aromatic carbocycles. The Hall–Kier alpha value is -0.120. The van der Waals surface area contributed by atoms with E-state index in [1.165, 1.54) is 51.7 Å². The van der Waals surface area contributed by atoms with Gasteiger partial charge < -0.3 is 15.0 Å². The van der Waals surface area contributed by atoms with Crippen LogP contribution in [0.1, 0.15) is 39.0 Å². The lowest BCUT2D eigenvalue weighted by atomic mass is 10.1. The van der Waals surface area contributed by atoms with Gasteiger partial charge in [0.15, 0.2) is 0 Å². The van der Waals surface area contributed by atoms with Crippen LogP contribution in [-0.2, 0) is 4.74 Å². The smallest absolute Gasteiger partial charge is 0.0702 e. The van der Waals surface area contributed by atoms with Crippen molar-refractivity contribution >= 4 is 0 Å². The molecule has 2 aliphatic heterocycles. The Labute approximate surface area is 99.5 Å². The number of hydrogen-bond acceptors (Lipinski definition) is 3. The fourth-order valence-corrected chi connectivity index (χ4v) is 2.93. The summed E-state index contributed by atoms with van der Waals surface area (Å²) in [7, 11) is 0. The van der Waals surface area contributed by atoms with Gasteiger partial charge in [0.05, 0.1) is 6.10 Å². The second-order valence-electron chi connectivity index (χ2n) is 5.10. The van der Waals surface area contributed by atoms with Crippen LogP contribution >= 0.6 is 0 Å². The Morgan fingerprint density at radius 1 is 1.31 bits per heavy atom. The number of nitrogens with zero attached hydrogens (tertiary/aromatic N) is 1. The molecule has 0 aromatic heterocycles. The van der Waals surface area contributed by atoms with Crippen molar-refractivity contribution in [1.82, 2.24) is 10.2 Å². The van der Waals surface area contributed by atoms with Gasteiger partial charge in [-0.2, -0.15) is 0 Å². The third-order valence-electron chi connectivity index (χ3n) is 3.82. The number of rotatable bonds is 5. The molecule has 0 saturated carbocycles. The maximum atomic E-state index is 5.73. The van der Waals surface area contributed by atoms with Gasteiger partial charge in [-0.1, -0.05) is 0 Å². The minimum Gasteiger partial charge on any atom is -0.377 e. The first kappa shape index (κ1) is 12.3. The predicted molar refractivity (Wildman–Crippen MR) is 66.7 cm³/mol. The van der Waals surface area contributed by atoms with Gasteiger partial charge in [-0.3, -0.25) is 0 Å². The van der Waals surface area contributed by atoms with Gasteiger partial charge in [-0.05, 0) is 58.7 Å². The van der Waals surface area contributed by atoms with Crippen LogP contribution in [0.2, 0.25) is 0 Å². The maximum Gasteiger partial charge on any atom is 0.0702 e. The van der Waals surface area contributed by atoms with Crippen molar-refractivity contribution in [2.45, 2.75) is 51.2 Å². The van der Waals surface area contributed by atoms with E-state index in [1.807, 2.05) is 0 Å². The summed E-state index contributed by atoms with van der Waals surface area (Å²) in [5, 5.41) is 3.57. The molecular weight excluding hydrogens is 200 g/mol. The molecule has 0 spiro atoms. The molecule has 16 heavy (non-hydrogen) atoms. The molecule has 2 unspecified atom stereocenters. The molecule has 2 atom stereocenters. The van der Waals surface area contributed by atoms with E-state index in [1.54, 1.807) is 0 Å². The van der Waals surface area contributed by atoms with Crippen molar-refractivity contribution in [3.63, 3.8) is 0 Å².